The molecule has 6 nitrogen and oxygen atoms in total. The van der Waals surface area contributed by atoms with Gasteiger partial charge in [0.1, 0.15) is 0 Å². The van der Waals surface area contributed by atoms with Gasteiger partial charge in [0.2, 0.25) is 0 Å². The van der Waals surface area contributed by atoms with E-state index in [2.05, 4.69) is 39.9 Å². The number of aromatic nitrogens is 1. The van der Waals surface area contributed by atoms with E-state index >= 15 is 0 Å². The normalized spacial score (nSPS) is 10.8. The monoisotopic (exact) mass is 358 g/mol. The molecular weight excluding hydrogens is 340 g/mol. The van der Waals surface area contributed by atoms with Crippen LogP contribution in [0.2, 0.25) is 0 Å². The SMILES string of the molecule is O=[N+]([O-])c1ccc(NCCNc2cccc3ccccc23)c2ccncc12. The molecule has 0 saturated carbocycles. The highest BCUT2D eigenvalue weighted by Gasteiger charge is 2.14. The number of nitrogens with one attached hydrogen (secondary N) is 2. The van der Waals surface area contributed by atoms with Crippen molar-refractivity contribution in [3.05, 3.63) is 83.2 Å². The van der Waals surface area contributed by atoms with E-state index in [4.69, 9.17) is 0 Å². The van der Waals surface area contributed by atoms with Gasteiger partial charge in [0.05, 0.1) is 10.3 Å². The average molecular weight is 358 g/mol. The number of pyridine rings is 1. The maximum absolute atomic E-state index is 11.2. The van der Waals surface area contributed by atoms with E-state index in [1.165, 1.54) is 23.0 Å². The Balaban J connectivity index is 1.48. The first-order valence-corrected chi connectivity index (χ1v) is 8.70. The fraction of sp³-hybridized carbons (Fsp3) is 0.0952. The Kier molecular flexibility index (Phi) is 4.53. The van der Waals surface area contributed by atoms with Gasteiger partial charge in [-0.2, -0.15) is 0 Å². The van der Waals surface area contributed by atoms with Gasteiger partial charge in [-0.05, 0) is 23.6 Å². The number of rotatable bonds is 6. The predicted molar refractivity (Wildman–Crippen MR) is 109 cm³/mol. The minimum atomic E-state index is -0.379. The van der Waals surface area contributed by atoms with Gasteiger partial charge in [-0.1, -0.05) is 36.4 Å². The lowest BCUT2D eigenvalue weighted by atomic mass is 10.1. The van der Waals surface area contributed by atoms with Crippen molar-refractivity contribution < 1.29 is 4.92 Å². The van der Waals surface area contributed by atoms with Crippen molar-refractivity contribution in [1.29, 1.82) is 0 Å². The molecule has 0 unspecified atom stereocenters. The summed E-state index contributed by atoms with van der Waals surface area (Å²) in [6.07, 6.45) is 3.18. The molecule has 0 aliphatic carbocycles. The summed E-state index contributed by atoms with van der Waals surface area (Å²) in [5.74, 6) is 0. The van der Waals surface area contributed by atoms with E-state index in [9.17, 15) is 10.1 Å². The molecular formula is C21H18N4O2. The molecule has 0 radical (unpaired) electrons. The molecule has 1 heterocycles. The Bertz CT molecular complexity index is 1120. The number of hydrogen-bond donors (Lipinski definition) is 2. The zero-order valence-electron chi connectivity index (χ0n) is 14.6. The van der Waals surface area contributed by atoms with Crippen LogP contribution in [-0.4, -0.2) is 23.0 Å². The highest BCUT2D eigenvalue weighted by Crippen LogP contribution is 2.30. The van der Waals surface area contributed by atoms with Gasteiger partial charge in [0.15, 0.2) is 0 Å². The molecule has 134 valence electrons. The molecule has 0 bridgehead atoms. The molecule has 0 spiro atoms. The third-order valence-electron chi connectivity index (χ3n) is 4.54. The lowest BCUT2D eigenvalue weighted by molar-refractivity contribution is -0.383. The van der Waals surface area contributed by atoms with Gasteiger partial charge in [-0.25, -0.2) is 0 Å². The van der Waals surface area contributed by atoms with Gasteiger partial charge >= 0.3 is 0 Å². The second-order valence-electron chi connectivity index (χ2n) is 6.19. The quantitative estimate of drug-likeness (QED) is 0.293. The van der Waals surface area contributed by atoms with E-state index in [-0.39, 0.29) is 10.6 Å². The predicted octanol–water partition coefficient (Wildman–Crippen LogP) is 4.82. The Morgan fingerprint density at radius 2 is 1.56 bits per heavy atom. The summed E-state index contributed by atoms with van der Waals surface area (Å²) in [5.41, 5.74) is 2.02. The van der Waals surface area contributed by atoms with Crippen molar-refractivity contribution in [1.82, 2.24) is 4.98 Å². The first-order chi connectivity index (χ1) is 13.2. The maximum atomic E-state index is 11.2. The summed E-state index contributed by atoms with van der Waals surface area (Å²) in [7, 11) is 0. The number of non-ortho nitro benzene ring substituents is 1. The highest BCUT2D eigenvalue weighted by molar-refractivity contribution is 5.99. The third kappa shape index (κ3) is 3.37. The summed E-state index contributed by atoms with van der Waals surface area (Å²) in [6.45, 7) is 1.40. The molecule has 0 saturated heterocycles. The van der Waals surface area contributed by atoms with Gasteiger partial charge < -0.3 is 10.6 Å². The van der Waals surface area contributed by atoms with Crippen LogP contribution in [0, 0.1) is 10.1 Å². The highest BCUT2D eigenvalue weighted by atomic mass is 16.6. The van der Waals surface area contributed by atoms with Crippen LogP contribution < -0.4 is 10.6 Å². The minimum Gasteiger partial charge on any atom is -0.383 e. The molecule has 1 aromatic heterocycles. The van der Waals surface area contributed by atoms with Gasteiger partial charge in [0.25, 0.3) is 5.69 Å². The second kappa shape index (κ2) is 7.29. The number of anilines is 2. The zero-order chi connectivity index (χ0) is 18.6. The molecule has 4 rings (SSSR count). The largest absolute Gasteiger partial charge is 0.383 e. The summed E-state index contributed by atoms with van der Waals surface area (Å²) < 4.78 is 0. The molecule has 2 N–H and O–H groups in total. The first kappa shape index (κ1) is 16.8. The Labute approximate surface area is 156 Å². The molecule has 0 aliphatic heterocycles. The van der Waals surface area contributed by atoms with E-state index in [1.54, 1.807) is 18.3 Å². The zero-order valence-corrected chi connectivity index (χ0v) is 14.6. The molecule has 4 aromatic rings. The van der Waals surface area contributed by atoms with Crippen LogP contribution in [0.5, 0.6) is 0 Å². The summed E-state index contributed by atoms with van der Waals surface area (Å²) in [5, 5.41) is 21.7. The van der Waals surface area contributed by atoms with E-state index in [0.717, 1.165) is 23.3 Å². The van der Waals surface area contributed by atoms with Crippen LogP contribution in [0.25, 0.3) is 21.5 Å². The van der Waals surface area contributed by atoms with Crippen LogP contribution in [0.4, 0.5) is 17.1 Å². The van der Waals surface area contributed by atoms with Gasteiger partial charge in [-0.15, -0.1) is 0 Å². The fourth-order valence-electron chi connectivity index (χ4n) is 3.26. The van der Waals surface area contributed by atoms with E-state index < -0.39 is 0 Å². The summed E-state index contributed by atoms with van der Waals surface area (Å²) in [6, 6.07) is 19.5. The van der Waals surface area contributed by atoms with Crippen LogP contribution >= 0.6 is 0 Å². The van der Waals surface area contributed by atoms with Gasteiger partial charge in [0, 0.05) is 53.7 Å². The fourth-order valence-corrected chi connectivity index (χ4v) is 3.26. The first-order valence-electron chi connectivity index (χ1n) is 8.70. The summed E-state index contributed by atoms with van der Waals surface area (Å²) in [4.78, 5) is 14.8. The smallest absolute Gasteiger partial charge is 0.278 e. The number of nitro groups is 1. The van der Waals surface area contributed by atoms with E-state index in [0.29, 0.717) is 11.9 Å². The number of fused-ring (bicyclic) bond motifs is 2. The third-order valence-corrected chi connectivity index (χ3v) is 4.54. The molecule has 0 amide bonds. The number of hydrogen-bond acceptors (Lipinski definition) is 5. The molecule has 6 heteroatoms. The van der Waals surface area contributed by atoms with E-state index in [1.807, 2.05) is 18.2 Å². The molecule has 0 fully saturated rings. The van der Waals surface area contributed by atoms with Crippen LogP contribution in [0.3, 0.4) is 0 Å². The van der Waals surface area contributed by atoms with Crippen molar-refractivity contribution in [2.45, 2.75) is 0 Å². The van der Waals surface area contributed by atoms with Crippen LogP contribution in [0.1, 0.15) is 0 Å². The van der Waals surface area contributed by atoms with Gasteiger partial charge in [-0.3, -0.25) is 15.1 Å². The average Bonchev–Trinajstić information content (AvgIpc) is 2.71. The topological polar surface area (TPSA) is 80.1 Å². The summed E-state index contributed by atoms with van der Waals surface area (Å²) >= 11 is 0. The van der Waals surface area contributed by atoms with Crippen LogP contribution in [-0.2, 0) is 0 Å². The molecule has 27 heavy (non-hydrogen) atoms. The van der Waals surface area contributed by atoms with Crippen molar-refractivity contribution in [2.24, 2.45) is 0 Å². The Morgan fingerprint density at radius 3 is 2.37 bits per heavy atom. The number of nitro benzene ring substituents is 1. The molecule has 0 aliphatic rings. The maximum Gasteiger partial charge on any atom is 0.278 e. The van der Waals surface area contributed by atoms with Crippen molar-refractivity contribution >= 4 is 38.6 Å². The van der Waals surface area contributed by atoms with Crippen molar-refractivity contribution in [2.75, 3.05) is 23.7 Å². The molecule has 0 atom stereocenters. The number of nitrogens with zero attached hydrogens (tertiary/aromatic N) is 2. The van der Waals surface area contributed by atoms with Crippen molar-refractivity contribution in [3.63, 3.8) is 0 Å². The minimum absolute atomic E-state index is 0.0672. The number of benzene rings is 3. The standard InChI is InChI=1S/C21H18N4O2/c26-25(27)21-9-8-20(17-10-11-22-14-18(17)21)24-13-12-23-19-7-3-5-15-4-1-2-6-16(15)19/h1-11,14,23-24H,12-13H2. The lowest BCUT2D eigenvalue weighted by Gasteiger charge is -2.12. The second-order valence-corrected chi connectivity index (χ2v) is 6.19. The van der Waals surface area contributed by atoms with Crippen LogP contribution in [0.15, 0.2) is 73.1 Å². The Hall–Kier alpha value is -3.67. The molecule has 3 aromatic carbocycles. The van der Waals surface area contributed by atoms with Crippen molar-refractivity contribution in [3.8, 4) is 0 Å². The Morgan fingerprint density at radius 1 is 0.815 bits per heavy atom. The lowest BCUT2D eigenvalue weighted by Crippen LogP contribution is -2.14.